The van der Waals surface area contributed by atoms with Crippen LogP contribution in [0.25, 0.3) is 0 Å². The molecular formula is C4H7NO3. The van der Waals surface area contributed by atoms with Crippen LogP contribution in [-0.4, -0.2) is 23.5 Å². The third-order valence-electron chi connectivity index (χ3n) is 1.000. The van der Waals surface area contributed by atoms with Crippen molar-refractivity contribution in [3.8, 4) is 0 Å². The van der Waals surface area contributed by atoms with Crippen LogP contribution in [-0.2, 0) is 4.74 Å². The molecule has 2 atom stereocenters. The molecule has 2 unspecified atom stereocenters. The highest BCUT2D eigenvalue weighted by Crippen LogP contribution is 2.09. The molecular weight excluding hydrogens is 110 g/mol. The van der Waals surface area contributed by atoms with E-state index in [9.17, 15) is 4.79 Å². The minimum Gasteiger partial charge on any atom is -0.450 e. The molecule has 0 spiro atoms. The topological polar surface area (TPSA) is 68.5 Å². The van der Waals surface area contributed by atoms with Crippen LogP contribution < -0.4 is 5.32 Å². The SMILES string of the molecule is CC1NC1OC(=O)O. The standard InChI is InChI=1S/C4H7NO3/c1-2-3(5-2)8-4(6)7/h2-3,5H,1H3,(H,6,7). The Labute approximate surface area is 46.4 Å². The third kappa shape index (κ3) is 1.10. The summed E-state index contributed by atoms with van der Waals surface area (Å²) in [5.41, 5.74) is 0. The molecule has 0 bridgehead atoms. The fourth-order valence-corrected chi connectivity index (χ4v) is 0.448. The molecule has 1 fully saturated rings. The van der Waals surface area contributed by atoms with Crippen molar-refractivity contribution in [2.75, 3.05) is 0 Å². The van der Waals surface area contributed by atoms with E-state index in [1.165, 1.54) is 0 Å². The van der Waals surface area contributed by atoms with Gasteiger partial charge in [0.1, 0.15) is 0 Å². The Bertz CT molecular complexity index is 114. The second-order valence-corrected chi connectivity index (χ2v) is 1.76. The van der Waals surface area contributed by atoms with Crippen molar-refractivity contribution < 1.29 is 14.6 Å². The van der Waals surface area contributed by atoms with Gasteiger partial charge in [-0.1, -0.05) is 0 Å². The Balaban J connectivity index is 2.14. The molecule has 0 aliphatic carbocycles. The Morgan fingerprint density at radius 1 is 1.88 bits per heavy atom. The maximum atomic E-state index is 9.73. The molecule has 1 rings (SSSR count). The summed E-state index contributed by atoms with van der Waals surface area (Å²) in [7, 11) is 0. The van der Waals surface area contributed by atoms with Crippen LogP contribution in [0.2, 0.25) is 0 Å². The summed E-state index contributed by atoms with van der Waals surface area (Å²) in [5.74, 6) is 0. The molecule has 2 N–H and O–H groups in total. The lowest BCUT2D eigenvalue weighted by atomic mass is 10.5. The van der Waals surface area contributed by atoms with Crippen LogP contribution in [0.5, 0.6) is 0 Å². The predicted octanol–water partition coefficient (Wildman–Crippen LogP) is -0.00120. The molecule has 0 aromatic heterocycles. The van der Waals surface area contributed by atoms with Gasteiger partial charge in [0.25, 0.3) is 0 Å². The van der Waals surface area contributed by atoms with E-state index in [-0.39, 0.29) is 12.3 Å². The van der Waals surface area contributed by atoms with Crippen LogP contribution in [0.3, 0.4) is 0 Å². The highest BCUT2D eigenvalue weighted by atomic mass is 16.7. The van der Waals surface area contributed by atoms with E-state index >= 15 is 0 Å². The predicted molar refractivity (Wildman–Crippen MR) is 25.5 cm³/mol. The zero-order valence-corrected chi connectivity index (χ0v) is 4.42. The molecule has 0 aromatic rings. The third-order valence-corrected chi connectivity index (χ3v) is 1.000. The summed E-state index contributed by atoms with van der Waals surface area (Å²) < 4.78 is 4.28. The summed E-state index contributed by atoms with van der Waals surface area (Å²) in [4.78, 5) is 9.73. The van der Waals surface area contributed by atoms with Gasteiger partial charge in [0.05, 0.1) is 6.04 Å². The van der Waals surface area contributed by atoms with Gasteiger partial charge in [0.15, 0.2) is 6.23 Å². The Morgan fingerprint density at radius 3 is 2.50 bits per heavy atom. The van der Waals surface area contributed by atoms with Crippen molar-refractivity contribution in [2.45, 2.75) is 19.2 Å². The summed E-state index contributed by atoms with van der Waals surface area (Å²) in [5, 5.41) is 10.7. The maximum Gasteiger partial charge on any atom is 0.507 e. The number of nitrogens with one attached hydrogen (secondary N) is 1. The quantitative estimate of drug-likeness (QED) is 0.374. The van der Waals surface area contributed by atoms with E-state index < -0.39 is 6.16 Å². The number of hydrogen-bond donors (Lipinski definition) is 2. The molecule has 8 heavy (non-hydrogen) atoms. The van der Waals surface area contributed by atoms with E-state index in [1.807, 2.05) is 6.92 Å². The number of carboxylic acid groups (broad SMARTS) is 1. The first-order valence-electron chi connectivity index (χ1n) is 2.36. The van der Waals surface area contributed by atoms with E-state index in [0.29, 0.717) is 0 Å². The Morgan fingerprint density at radius 2 is 2.38 bits per heavy atom. The van der Waals surface area contributed by atoms with Crippen molar-refractivity contribution in [2.24, 2.45) is 0 Å². The van der Waals surface area contributed by atoms with Gasteiger partial charge in [0.2, 0.25) is 0 Å². The summed E-state index contributed by atoms with van der Waals surface area (Å²) >= 11 is 0. The highest BCUT2D eigenvalue weighted by Gasteiger charge is 2.35. The summed E-state index contributed by atoms with van der Waals surface area (Å²) in [6.07, 6.45) is -1.47. The zero-order valence-electron chi connectivity index (χ0n) is 4.42. The lowest BCUT2D eigenvalue weighted by Gasteiger charge is -1.90. The molecule has 1 heterocycles. The molecule has 0 radical (unpaired) electrons. The van der Waals surface area contributed by atoms with Crippen LogP contribution in [0, 0.1) is 0 Å². The van der Waals surface area contributed by atoms with Crippen molar-refractivity contribution in [3.05, 3.63) is 0 Å². The summed E-state index contributed by atoms with van der Waals surface area (Å²) in [6.45, 7) is 1.85. The lowest BCUT2D eigenvalue weighted by Crippen LogP contribution is -2.05. The van der Waals surface area contributed by atoms with Crippen LogP contribution in [0.15, 0.2) is 0 Å². The van der Waals surface area contributed by atoms with E-state index in [4.69, 9.17) is 5.11 Å². The zero-order chi connectivity index (χ0) is 6.15. The molecule has 4 heteroatoms. The molecule has 46 valence electrons. The average Bonchev–Trinajstić information content (AvgIpc) is 2.17. The molecule has 1 saturated heterocycles. The molecule has 4 nitrogen and oxygen atoms in total. The Kier molecular flexibility index (Phi) is 1.09. The molecule has 0 aromatic carbocycles. The number of carbonyl (C=O) groups is 1. The van der Waals surface area contributed by atoms with Gasteiger partial charge in [-0.05, 0) is 6.92 Å². The van der Waals surface area contributed by atoms with E-state index in [0.717, 1.165) is 0 Å². The number of rotatable bonds is 1. The minimum atomic E-state index is -1.22. The molecule has 1 aliphatic rings. The van der Waals surface area contributed by atoms with Crippen LogP contribution in [0.1, 0.15) is 6.92 Å². The molecule has 1 aliphatic heterocycles. The van der Waals surface area contributed by atoms with Crippen LogP contribution >= 0.6 is 0 Å². The first-order valence-corrected chi connectivity index (χ1v) is 2.36. The first-order chi connectivity index (χ1) is 3.70. The van der Waals surface area contributed by atoms with Crippen molar-refractivity contribution in [1.29, 1.82) is 0 Å². The van der Waals surface area contributed by atoms with Gasteiger partial charge in [-0.2, -0.15) is 0 Å². The normalized spacial score (nSPS) is 34.1. The number of hydrogen-bond acceptors (Lipinski definition) is 3. The van der Waals surface area contributed by atoms with Crippen molar-refractivity contribution in [3.63, 3.8) is 0 Å². The van der Waals surface area contributed by atoms with Crippen molar-refractivity contribution >= 4 is 6.16 Å². The lowest BCUT2D eigenvalue weighted by molar-refractivity contribution is 0.0817. The van der Waals surface area contributed by atoms with Gasteiger partial charge in [-0.3, -0.25) is 5.32 Å². The van der Waals surface area contributed by atoms with Gasteiger partial charge in [-0.15, -0.1) is 0 Å². The summed E-state index contributed by atoms with van der Waals surface area (Å²) in [6, 6.07) is 0.200. The van der Waals surface area contributed by atoms with Gasteiger partial charge < -0.3 is 9.84 Å². The van der Waals surface area contributed by atoms with E-state index in [1.54, 1.807) is 0 Å². The largest absolute Gasteiger partial charge is 0.507 e. The molecule has 0 saturated carbocycles. The second kappa shape index (κ2) is 1.63. The van der Waals surface area contributed by atoms with Gasteiger partial charge >= 0.3 is 6.16 Å². The average molecular weight is 117 g/mol. The minimum absolute atomic E-state index is 0.200. The maximum absolute atomic E-state index is 9.73. The monoisotopic (exact) mass is 117 g/mol. The second-order valence-electron chi connectivity index (χ2n) is 1.76. The van der Waals surface area contributed by atoms with E-state index in [2.05, 4.69) is 10.1 Å². The van der Waals surface area contributed by atoms with Gasteiger partial charge in [0, 0.05) is 0 Å². The smallest absolute Gasteiger partial charge is 0.450 e. The fourth-order valence-electron chi connectivity index (χ4n) is 0.448. The first kappa shape index (κ1) is 5.37. The highest BCUT2D eigenvalue weighted by molar-refractivity contribution is 5.57. The Hall–Kier alpha value is -0.770. The van der Waals surface area contributed by atoms with Crippen LogP contribution in [0.4, 0.5) is 4.79 Å². The van der Waals surface area contributed by atoms with Crippen molar-refractivity contribution in [1.82, 2.24) is 5.32 Å². The molecule has 0 amide bonds. The van der Waals surface area contributed by atoms with Gasteiger partial charge in [-0.25, -0.2) is 4.79 Å². The fraction of sp³-hybridized carbons (Fsp3) is 0.750. The number of ether oxygens (including phenoxy) is 1.